The van der Waals surface area contributed by atoms with Crippen LogP contribution >= 0.6 is 0 Å². The highest BCUT2D eigenvalue weighted by molar-refractivity contribution is 5.80. The Kier molecular flexibility index (Phi) is 159. The number of benzene rings is 4. The van der Waals surface area contributed by atoms with Crippen LogP contribution in [0.4, 0.5) is 0 Å². The van der Waals surface area contributed by atoms with Crippen molar-refractivity contribution in [3.05, 3.63) is 120 Å². The molecule has 0 radical (unpaired) electrons. The summed E-state index contributed by atoms with van der Waals surface area (Å²) in [5.41, 5.74) is 9.41. The van der Waals surface area contributed by atoms with Crippen LogP contribution in [0, 0.1) is 10.8 Å². The van der Waals surface area contributed by atoms with E-state index in [9.17, 15) is 0 Å². The lowest BCUT2D eigenvalue weighted by Crippen LogP contribution is -2.14. The van der Waals surface area contributed by atoms with Gasteiger partial charge in [0.1, 0.15) is 0 Å². The topological polar surface area (TPSA) is 0 Å². The molecule has 1 aliphatic rings. The monoisotopic (exact) mass is 973 g/mol. The van der Waals surface area contributed by atoms with Gasteiger partial charge in [0, 0.05) is 5.41 Å². The molecule has 1 aliphatic carbocycles. The Morgan fingerprint density at radius 3 is 0.507 bits per heavy atom. The summed E-state index contributed by atoms with van der Waals surface area (Å²) in [6, 6.07) is 38.2. The molecule has 0 fully saturated rings. The normalized spacial score (nSPS) is 8.26. The fraction of sp³-hybridized carbons (Fsp3) is 0.652. The molecule has 0 spiro atoms. The first kappa shape index (κ1) is 107. The maximum atomic E-state index is 2.30. The fourth-order valence-corrected chi connectivity index (χ4v) is 3.93. The molecule has 0 atom stereocenters. The van der Waals surface area contributed by atoms with E-state index in [1.807, 2.05) is 234 Å². The summed E-state index contributed by atoms with van der Waals surface area (Å²) in [6.45, 7) is 86.1. The van der Waals surface area contributed by atoms with Crippen molar-refractivity contribution in [2.75, 3.05) is 0 Å². The molecule has 0 unspecified atom stereocenters. The summed E-state index contributed by atoms with van der Waals surface area (Å²) in [4.78, 5) is 0. The predicted molar refractivity (Wildman–Crippen MR) is 348 cm³/mol. The molecule has 5 rings (SSSR count). The molecule has 0 saturated carbocycles. The van der Waals surface area contributed by atoms with E-state index in [4.69, 9.17) is 0 Å². The number of fused-ring (bicyclic) bond motifs is 3. The van der Waals surface area contributed by atoms with Gasteiger partial charge in [-0.25, -0.2) is 0 Å². The molecule has 0 bridgehead atoms. The van der Waals surface area contributed by atoms with Crippen molar-refractivity contribution in [1.82, 2.24) is 0 Å². The minimum absolute atomic E-state index is 0.160. The summed E-state index contributed by atoms with van der Waals surface area (Å²) in [6.07, 6.45) is 0. The summed E-state index contributed by atoms with van der Waals surface area (Å²) < 4.78 is 0. The SMILES string of the molecule is CC.CC.CC.CC.CC.CC.CC.CC.CC.CC.CC.CC.CC.CC.CC.CC.CC(C)(C)C.CC(C)(C)C.CC1(C)c2ccccc2-c2ccccc21.c1ccc(-c2ccccc2)cc1. The lowest BCUT2D eigenvalue weighted by atomic mass is 9.82. The van der Waals surface area contributed by atoms with Crippen LogP contribution in [-0.2, 0) is 5.41 Å². The minimum atomic E-state index is 0.160. The van der Waals surface area contributed by atoms with Gasteiger partial charge in [0.05, 0.1) is 0 Å². The zero-order valence-electron chi connectivity index (χ0n) is 56.9. The van der Waals surface area contributed by atoms with Crippen LogP contribution in [0.3, 0.4) is 0 Å². The lowest BCUT2D eigenvalue weighted by Gasteiger charge is -2.20. The maximum absolute atomic E-state index is 2.30. The zero-order valence-corrected chi connectivity index (χ0v) is 56.9. The highest BCUT2D eigenvalue weighted by Crippen LogP contribution is 2.48. The van der Waals surface area contributed by atoms with Crippen LogP contribution in [0.2, 0.25) is 0 Å². The van der Waals surface area contributed by atoms with Crippen LogP contribution in [-0.4, -0.2) is 0 Å². The molecule has 0 heterocycles. The molecule has 4 aromatic rings. The molecule has 0 aliphatic heterocycles. The Hall–Kier alpha value is -3.12. The third-order valence-corrected chi connectivity index (χ3v) is 5.37. The Labute approximate surface area is 447 Å². The van der Waals surface area contributed by atoms with Crippen molar-refractivity contribution in [2.24, 2.45) is 10.8 Å². The van der Waals surface area contributed by atoms with E-state index >= 15 is 0 Å². The molecular weight excluding hydrogens is 829 g/mol. The van der Waals surface area contributed by atoms with Crippen LogP contribution in [0.15, 0.2) is 109 Å². The second-order valence-electron chi connectivity index (χ2n) is 13.4. The highest BCUT2D eigenvalue weighted by Gasteiger charge is 2.34. The standard InChI is InChI=1S/C15H14.C12H10.2C5H12.16C2H6/c1-15(2)13-9-5-3-7-11(13)12-8-4-6-10-14(12)15;1-3-7-11(8-4-1)12-9-5-2-6-10-12;2*1-5(2,3)4;16*1-2/h3-10H,1-2H3;1-10H;2*1-4H3;16*1-2H3. The van der Waals surface area contributed by atoms with Crippen LogP contribution < -0.4 is 0 Å². The van der Waals surface area contributed by atoms with E-state index in [-0.39, 0.29) is 5.41 Å². The summed E-state index contributed by atoms with van der Waals surface area (Å²) >= 11 is 0. The second kappa shape index (κ2) is 102. The quantitative estimate of drug-likeness (QED) is 0.178. The first-order chi connectivity index (χ1) is 33.2. The molecule has 0 N–H and O–H groups in total. The predicted octanol–water partition coefficient (Wildman–Crippen LogP) is 27.9. The highest BCUT2D eigenvalue weighted by atomic mass is 14.4. The number of rotatable bonds is 1. The molecule has 4 aromatic carbocycles. The molecule has 0 nitrogen and oxygen atoms in total. The Morgan fingerprint density at radius 1 is 0.217 bits per heavy atom. The van der Waals surface area contributed by atoms with Gasteiger partial charge in [-0.15, -0.1) is 0 Å². The molecule has 0 amide bonds. The van der Waals surface area contributed by atoms with Gasteiger partial charge in [0.15, 0.2) is 0 Å². The van der Waals surface area contributed by atoms with Gasteiger partial charge in [-0.1, -0.05) is 400 Å². The van der Waals surface area contributed by atoms with Crippen LogP contribution in [0.5, 0.6) is 0 Å². The summed E-state index contributed by atoms with van der Waals surface area (Å²) in [7, 11) is 0. The third kappa shape index (κ3) is 85.2. The Morgan fingerprint density at radius 2 is 0.348 bits per heavy atom. The van der Waals surface area contributed by atoms with Gasteiger partial charge in [-0.2, -0.15) is 0 Å². The average molecular weight is 974 g/mol. The van der Waals surface area contributed by atoms with Crippen LogP contribution in [0.25, 0.3) is 22.3 Å². The smallest absolute Gasteiger partial charge is 0.0158 e. The van der Waals surface area contributed by atoms with Crippen molar-refractivity contribution in [3.8, 4) is 22.3 Å². The molecular formula is C69H144. The minimum Gasteiger partial charge on any atom is -0.0683 e. The summed E-state index contributed by atoms with van der Waals surface area (Å²) in [5.74, 6) is 0. The fourth-order valence-electron chi connectivity index (χ4n) is 3.93. The van der Waals surface area contributed by atoms with Crippen molar-refractivity contribution < 1.29 is 0 Å². The average Bonchev–Trinajstić information content (AvgIpc) is 3.68. The van der Waals surface area contributed by atoms with E-state index in [1.54, 1.807) is 0 Å². The Bertz CT molecular complexity index is 1090. The first-order valence-corrected chi connectivity index (χ1v) is 29.5. The first-order valence-electron chi connectivity index (χ1n) is 29.5. The van der Waals surface area contributed by atoms with E-state index in [1.165, 1.54) is 33.4 Å². The zero-order chi connectivity index (χ0) is 59.7. The third-order valence-electron chi connectivity index (χ3n) is 5.37. The van der Waals surface area contributed by atoms with Gasteiger partial charge in [0.2, 0.25) is 0 Å². The molecule has 0 aromatic heterocycles. The van der Waals surface area contributed by atoms with Crippen molar-refractivity contribution in [2.45, 2.75) is 296 Å². The largest absolute Gasteiger partial charge is 0.0683 e. The van der Waals surface area contributed by atoms with Gasteiger partial charge >= 0.3 is 0 Å². The van der Waals surface area contributed by atoms with Gasteiger partial charge in [-0.05, 0) is 44.2 Å². The molecule has 69 heavy (non-hydrogen) atoms. The Balaban J connectivity index is -0.0000000377. The maximum Gasteiger partial charge on any atom is 0.0158 e. The van der Waals surface area contributed by atoms with Crippen molar-refractivity contribution in [3.63, 3.8) is 0 Å². The molecule has 420 valence electrons. The van der Waals surface area contributed by atoms with E-state index in [0.717, 1.165) is 0 Å². The van der Waals surface area contributed by atoms with E-state index in [2.05, 4.69) is 166 Å². The number of hydrogen-bond acceptors (Lipinski definition) is 0. The van der Waals surface area contributed by atoms with E-state index in [0.29, 0.717) is 10.8 Å². The van der Waals surface area contributed by atoms with Crippen LogP contribution in [0.1, 0.15) is 302 Å². The molecule has 0 heteroatoms. The second-order valence-corrected chi connectivity index (χ2v) is 13.4. The van der Waals surface area contributed by atoms with Crippen molar-refractivity contribution >= 4 is 0 Å². The molecule has 0 saturated heterocycles. The van der Waals surface area contributed by atoms with E-state index < -0.39 is 0 Å². The van der Waals surface area contributed by atoms with Gasteiger partial charge in [-0.3, -0.25) is 0 Å². The van der Waals surface area contributed by atoms with Gasteiger partial charge in [0.25, 0.3) is 0 Å². The lowest BCUT2D eigenvalue weighted by molar-refractivity contribution is 0.469. The van der Waals surface area contributed by atoms with Crippen molar-refractivity contribution in [1.29, 1.82) is 0 Å². The summed E-state index contributed by atoms with van der Waals surface area (Å²) in [5, 5.41) is 0. The number of hydrogen-bond donors (Lipinski definition) is 0. The van der Waals surface area contributed by atoms with Gasteiger partial charge < -0.3 is 0 Å².